The zero-order valence-electron chi connectivity index (χ0n) is 15.2. The number of rotatable bonds is 4. The maximum Gasteiger partial charge on any atom is 0.142 e. The molecule has 1 fully saturated rings. The highest BCUT2D eigenvalue weighted by Crippen LogP contribution is 2.28. The van der Waals surface area contributed by atoms with Crippen LogP contribution in [-0.2, 0) is 6.54 Å². The fourth-order valence-electron chi connectivity index (χ4n) is 3.58. The molecule has 0 radical (unpaired) electrons. The molecule has 2 heterocycles. The van der Waals surface area contributed by atoms with Crippen molar-refractivity contribution in [1.82, 2.24) is 14.9 Å². The number of hydrogen-bond acceptors (Lipinski definition) is 5. The number of benzene rings is 2. The molecule has 0 aliphatic carbocycles. The van der Waals surface area contributed by atoms with Gasteiger partial charge in [-0.05, 0) is 55.8 Å². The second-order valence-corrected chi connectivity index (χ2v) is 7.00. The lowest BCUT2D eigenvalue weighted by Gasteiger charge is -2.30. The number of piperidine rings is 1. The van der Waals surface area contributed by atoms with E-state index in [-0.39, 0.29) is 0 Å². The second kappa shape index (κ2) is 7.75. The first-order chi connectivity index (χ1) is 13.2. The highest BCUT2D eigenvalue weighted by Gasteiger charge is 2.18. The summed E-state index contributed by atoms with van der Waals surface area (Å²) in [4.78, 5) is 11.4. The molecule has 0 spiro atoms. The first-order valence-corrected chi connectivity index (χ1v) is 9.27. The standard InChI is InChI=1S/C22H23N5/c1-2-16-5-3-7-19(13-16)26-22-21-17(6-4-8-20(21)24-15-25-22)14-27-11-9-18(23)10-12-27/h1,3-8,13,15,18H,9-12,14,23H2,(H,24,25,26). The molecule has 0 unspecified atom stereocenters. The fourth-order valence-corrected chi connectivity index (χ4v) is 3.58. The summed E-state index contributed by atoms with van der Waals surface area (Å²) < 4.78 is 0. The predicted octanol–water partition coefficient (Wildman–Crippen LogP) is 3.28. The van der Waals surface area contributed by atoms with E-state index in [0.29, 0.717) is 6.04 Å². The van der Waals surface area contributed by atoms with Crippen LogP contribution in [-0.4, -0.2) is 34.0 Å². The summed E-state index contributed by atoms with van der Waals surface area (Å²) in [6, 6.07) is 14.4. The third-order valence-electron chi connectivity index (χ3n) is 5.07. The van der Waals surface area contributed by atoms with Crippen molar-refractivity contribution in [2.75, 3.05) is 18.4 Å². The molecule has 0 saturated carbocycles. The summed E-state index contributed by atoms with van der Waals surface area (Å²) in [6.45, 7) is 2.92. The number of aromatic nitrogens is 2. The Morgan fingerprint density at radius 1 is 1.15 bits per heavy atom. The molecule has 0 atom stereocenters. The summed E-state index contributed by atoms with van der Waals surface area (Å²) >= 11 is 0. The monoisotopic (exact) mass is 357 g/mol. The number of nitrogens with one attached hydrogen (secondary N) is 1. The van der Waals surface area contributed by atoms with Crippen LogP contribution in [0.25, 0.3) is 10.9 Å². The lowest BCUT2D eigenvalue weighted by molar-refractivity contribution is 0.206. The normalized spacial score (nSPS) is 15.6. The third kappa shape index (κ3) is 3.92. The van der Waals surface area contributed by atoms with Gasteiger partial charge in [0, 0.05) is 29.2 Å². The molecule has 5 heteroatoms. The van der Waals surface area contributed by atoms with Crippen molar-refractivity contribution >= 4 is 22.4 Å². The van der Waals surface area contributed by atoms with Gasteiger partial charge in [-0.15, -0.1) is 6.42 Å². The van der Waals surface area contributed by atoms with Crippen molar-refractivity contribution in [2.24, 2.45) is 5.73 Å². The molecule has 27 heavy (non-hydrogen) atoms. The summed E-state index contributed by atoms with van der Waals surface area (Å²) in [5.74, 6) is 3.47. The van der Waals surface area contributed by atoms with Crippen LogP contribution in [0.15, 0.2) is 48.8 Å². The minimum Gasteiger partial charge on any atom is -0.340 e. The molecular weight excluding hydrogens is 334 g/mol. The highest BCUT2D eigenvalue weighted by molar-refractivity contribution is 5.93. The Labute approximate surface area is 159 Å². The second-order valence-electron chi connectivity index (χ2n) is 7.00. The van der Waals surface area contributed by atoms with E-state index < -0.39 is 0 Å². The average Bonchev–Trinajstić information content (AvgIpc) is 2.70. The number of terminal acetylenes is 1. The van der Waals surface area contributed by atoms with Crippen LogP contribution in [0.5, 0.6) is 0 Å². The quantitative estimate of drug-likeness (QED) is 0.702. The minimum absolute atomic E-state index is 0.331. The highest BCUT2D eigenvalue weighted by atomic mass is 15.1. The largest absolute Gasteiger partial charge is 0.340 e. The van der Waals surface area contributed by atoms with Gasteiger partial charge in [0.2, 0.25) is 0 Å². The van der Waals surface area contributed by atoms with E-state index in [9.17, 15) is 0 Å². The maximum atomic E-state index is 6.04. The van der Waals surface area contributed by atoms with Crippen LogP contribution in [0.1, 0.15) is 24.0 Å². The molecule has 1 saturated heterocycles. The number of likely N-dealkylation sites (tertiary alicyclic amines) is 1. The van der Waals surface area contributed by atoms with E-state index in [0.717, 1.165) is 60.4 Å². The predicted molar refractivity (Wildman–Crippen MR) is 110 cm³/mol. The Balaban J connectivity index is 1.67. The lowest BCUT2D eigenvalue weighted by Crippen LogP contribution is -2.39. The van der Waals surface area contributed by atoms with Gasteiger partial charge in [0.1, 0.15) is 12.1 Å². The molecule has 0 amide bonds. The van der Waals surface area contributed by atoms with Crippen molar-refractivity contribution in [3.05, 3.63) is 59.9 Å². The summed E-state index contributed by atoms with van der Waals surface area (Å²) in [7, 11) is 0. The summed E-state index contributed by atoms with van der Waals surface area (Å²) in [5, 5.41) is 4.48. The van der Waals surface area contributed by atoms with Gasteiger partial charge < -0.3 is 11.1 Å². The third-order valence-corrected chi connectivity index (χ3v) is 5.07. The van der Waals surface area contributed by atoms with Gasteiger partial charge in [-0.25, -0.2) is 9.97 Å². The molecule has 1 aromatic heterocycles. The van der Waals surface area contributed by atoms with Gasteiger partial charge >= 0.3 is 0 Å². The first kappa shape index (κ1) is 17.5. The molecule has 2 aromatic carbocycles. The van der Waals surface area contributed by atoms with E-state index in [1.165, 1.54) is 5.56 Å². The van der Waals surface area contributed by atoms with E-state index in [1.54, 1.807) is 6.33 Å². The SMILES string of the molecule is C#Cc1cccc(Nc2ncnc3cccc(CN4CCC(N)CC4)c23)c1. The Bertz CT molecular complexity index is 978. The van der Waals surface area contributed by atoms with Gasteiger partial charge in [0.25, 0.3) is 0 Å². The molecule has 136 valence electrons. The molecule has 0 bridgehead atoms. The van der Waals surface area contributed by atoms with Crippen LogP contribution in [0.4, 0.5) is 11.5 Å². The molecule has 5 nitrogen and oxygen atoms in total. The lowest BCUT2D eigenvalue weighted by atomic mass is 10.0. The van der Waals surface area contributed by atoms with Crippen molar-refractivity contribution in [3.8, 4) is 12.3 Å². The van der Waals surface area contributed by atoms with Gasteiger partial charge in [-0.2, -0.15) is 0 Å². The maximum absolute atomic E-state index is 6.04. The number of anilines is 2. The smallest absolute Gasteiger partial charge is 0.142 e. The molecular formula is C22H23N5. The van der Waals surface area contributed by atoms with Crippen LogP contribution >= 0.6 is 0 Å². The Morgan fingerprint density at radius 2 is 1.96 bits per heavy atom. The topological polar surface area (TPSA) is 67.1 Å². The summed E-state index contributed by atoms with van der Waals surface area (Å²) in [5.41, 5.74) is 9.96. The first-order valence-electron chi connectivity index (χ1n) is 9.27. The van der Waals surface area contributed by atoms with E-state index in [4.69, 9.17) is 12.2 Å². The van der Waals surface area contributed by atoms with E-state index in [1.807, 2.05) is 30.3 Å². The van der Waals surface area contributed by atoms with Gasteiger partial charge in [0.05, 0.1) is 5.52 Å². The molecule has 3 N–H and O–H groups in total. The number of fused-ring (bicyclic) bond motifs is 1. The van der Waals surface area contributed by atoms with Crippen LogP contribution < -0.4 is 11.1 Å². The Hall–Kier alpha value is -2.94. The van der Waals surface area contributed by atoms with E-state index in [2.05, 4.69) is 38.2 Å². The summed E-state index contributed by atoms with van der Waals surface area (Å²) in [6.07, 6.45) is 9.21. The van der Waals surface area contributed by atoms with Crippen LogP contribution in [0, 0.1) is 12.3 Å². The van der Waals surface area contributed by atoms with Gasteiger partial charge in [0.15, 0.2) is 0 Å². The fraction of sp³-hybridized carbons (Fsp3) is 0.273. The number of nitrogens with two attached hydrogens (primary N) is 1. The molecule has 1 aliphatic heterocycles. The van der Waals surface area contributed by atoms with Crippen molar-refractivity contribution in [2.45, 2.75) is 25.4 Å². The van der Waals surface area contributed by atoms with Crippen molar-refractivity contribution < 1.29 is 0 Å². The van der Waals surface area contributed by atoms with Gasteiger partial charge in [-0.3, -0.25) is 4.90 Å². The number of hydrogen-bond donors (Lipinski definition) is 2. The van der Waals surface area contributed by atoms with Gasteiger partial charge in [-0.1, -0.05) is 24.1 Å². The van der Waals surface area contributed by atoms with Crippen LogP contribution in [0.2, 0.25) is 0 Å². The molecule has 4 rings (SSSR count). The van der Waals surface area contributed by atoms with Crippen molar-refractivity contribution in [3.63, 3.8) is 0 Å². The minimum atomic E-state index is 0.331. The molecule has 3 aromatic rings. The Kier molecular flexibility index (Phi) is 5.01. The average molecular weight is 357 g/mol. The van der Waals surface area contributed by atoms with Crippen LogP contribution in [0.3, 0.4) is 0 Å². The zero-order valence-corrected chi connectivity index (χ0v) is 15.2. The Morgan fingerprint density at radius 3 is 2.78 bits per heavy atom. The number of nitrogens with zero attached hydrogens (tertiary/aromatic N) is 3. The molecule has 1 aliphatic rings. The van der Waals surface area contributed by atoms with E-state index >= 15 is 0 Å². The zero-order chi connectivity index (χ0) is 18.6. The van der Waals surface area contributed by atoms with Crippen molar-refractivity contribution in [1.29, 1.82) is 0 Å².